The van der Waals surface area contributed by atoms with Crippen molar-refractivity contribution >= 4 is 34.2 Å². The highest BCUT2D eigenvalue weighted by atomic mass is 35.5. The average Bonchev–Trinajstić information content (AvgIpc) is 3.00. The van der Waals surface area contributed by atoms with Gasteiger partial charge in [-0.15, -0.1) is 0 Å². The van der Waals surface area contributed by atoms with Crippen molar-refractivity contribution < 1.29 is 9.90 Å². The zero-order chi connectivity index (χ0) is 21.2. The van der Waals surface area contributed by atoms with E-state index < -0.39 is 5.60 Å². The molecule has 156 valence electrons. The molecular weight excluding hydrogens is 390 g/mol. The van der Waals surface area contributed by atoms with Crippen molar-refractivity contribution in [2.45, 2.75) is 38.7 Å². The fourth-order valence-electron chi connectivity index (χ4n) is 3.64. The van der Waals surface area contributed by atoms with E-state index in [1.54, 1.807) is 38.5 Å². The highest BCUT2D eigenvalue weighted by molar-refractivity contribution is 6.35. The predicted octanol–water partition coefficient (Wildman–Crippen LogP) is 2.81. The number of carbonyl (C=O) groups is 1. The lowest BCUT2D eigenvalue weighted by Gasteiger charge is -2.42. The van der Waals surface area contributed by atoms with Gasteiger partial charge in [-0.3, -0.25) is 4.79 Å². The molecule has 1 saturated carbocycles. The van der Waals surface area contributed by atoms with Crippen LogP contribution in [0.1, 0.15) is 38.2 Å². The number of fused-ring (bicyclic) bond motifs is 1. The van der Waals surface area contributed by atoms with Gasteiger partial charge in [-0.2, -0.15) is 0 Å². The first-order valence-corrected chi connectivity index (χ1v) is 10.1. The number of nitrogens with zero attached hydrogens (tertiary/aromatic N) is 2. The highest BCUT2D eigenvalue weighted by Gasteiger charge is 2.38. The summed E-state index contributed by atoms with van der Waals surface area (Å²) < 4.78 is 0. The molecule has 0 aliphatic heterocycles. The van der Waals surface area contributed by atoms with Crippen LogP contribution >= 0.6 is 11.6 Å². The van der Waals surface area contributed by atoms with Crippen molar-refractivity contribution in [2.24, 2.45) is 11.8 Å². The third-order valence-corrected chi connectivity index (χ3v) is 5.73. The molecule has 0 spiro atoms. The minimum absolute atomic E-state index is 0.276. The minimum atomic E-state index is -0.626. The summed E-state index contributed by atoms with van der Waals surface area (Å²) in [5, 5.41) is 16.0. The second-order valence-corrected chi connectivity index (χ2v) is 8.48. The van der Waals surface area contributed by atoms with Gasteiger partial charge in [0.15, 0.2) is 5.65 Å². The lowest BCUT2D eigenvalue weighted by atomic mass is 9.66. The molecule has 8 heteroatoms. The van der Waals surface area contributed by atoms with Gasteiger partial charge in [-0.1, -0.05) is 11.6 Å². The number of pyridine rings is 1. The third kappa shape index (κ3) is 4.79. The van der Waals surface area contributed by atoms with E-state index in [0.717, 1.165) is 30.6 Å². The van der Waals surface area contributed by atoms with Gasteiger partial charge >= 0.3 is 0 Å². The highest BCUT2D eigenvalue weighted by Crippen LogP contribution is 2.42. The van der Waals surface area contributed by atoms with Crippen LogP contribution in [0, 0.1) is 11.8 Å². The van der Waals surface area contributed by atoms with Crippen LogP contribution in [0.3, 0.4) is 0 Å². The molecule has 2 aromatic heterocycles. The average molecular weight is 418 g/mol. The van der Waals surface area contributed by atoms with Gasteiger partial charge in [-0.05, 0) is 62.9 Å². The van der Waals surface area contributed by atoms with E-state index in [-0.39, 0.29) is 5.91 Å². The Morgan fingerprint density at radius 1 is 1.38 bits per heavy atom. The fourth-order valence-corrected chi connectivity index (χ4v) is 3.90. The maximum atomic E-state index is 12.3. The third-order valence-electron chi connectivity index (χ3n) is 5.45. The van der Waals surface area contributed by atoms with Crippen LogP contribution in [0.25, 0.3) is 16.7 Å². The molecule has 0 atom stereocenters. The Balaban J connectivity index is 1.84. The zero-order valence-electron chi connectivity index (χ0n) is 17.2. The Bertz CT molecular complexity index is 952. The summed E-state index contributed by atoms with van der Waals surface area (Å²) in [5.74, 6) is 1.40. The molecular formula is C21H28ClN5O2. The fraction of sp³-hybridized carbons (Fsp3) is 0.476. The molecule has 1 amide bonds. The normalized spacial score (nSPS) is 20.1. The summed E-state index contributed by atoms with van der Waals surface area (Å²) in [6.07, 6.45) is 7.87. The first-order valence-electron chi connectivity index (χ1n) is 9.77. The number of amides is 1. The Hall–Kier alpha value is -2.38. The molecule has 3 rings (SSSR count). The topological polar surface area (TPSA) is 103 Å². The number of nitrogens with one attached hydrogen (secondary N) is 3. The van der Waals surface area contributed by atoms with E-state index in [2.05, 4.69) is 25.6 Å². The number of aliphatic hydroxyl groups is 1. The van der Waals surface area contributed by atoms with Crippen LogP contribution in [0.2, 0.25) is 5.02 Å². The standard InChI is InChI=1S/C21H28ClN5O2/c1-21(2,29)13-8-12(9-13)10-17-25-16-11-15(22)18(27-19(16)26-17)14(20(28)24-4)6-5-7-23-3/h5-7,11-13,23,29H,8-10H2,1-4H3,(H,24,28)(H,25,26,27)/b7-5+,14-6-. The molecule has 1 aliphatic carbocycles. The monoisotopic (exact) mass is 417 g/mol. The van der Waals surface area contributed by atoms with Gasteiger partial charge in [0, 0.05) is 20.5 Å². The Morgan fingerprint density at radius 3 is 2.72 bits per heavy atom. The molecule has 2 aromatic rings. The molecule has 4 N–H and O–H groups in total. The van der Waals surface area contributed by atoms with E-state index >= 15 is 0 Å². The number of rotatable bonds is 7. The van der Waals surface area contributed by atoms with E-state index in [1.807, 2.05) is 13.8 Å². The van der Waals surface area contributed by atoms with Gasteiger partial charge in [0.2, 0.25) is 0 Å². The number of imidazole rings is 1. The van der Waals surface area contributed by atoms with Crippen LogP contribution in [0.5, 0.6) is 0 Å². The Kier molecular flexibility index (Phi) is 6.29. The van der Waals surface area contributed by atoms with Crippen molar-refractivity contribution in [1.29, 1.82) is 0 Å². The molecule has 2 heterocycles. The number of carbonyl (C=O) groups excluding carboxylic acids is 1. The van der Waals surface area contributed by atoms with Gasteiger partial charge in [0.1, 0.15) is 5.82 Å². The molecule has 0 aromatic carbocycles. The van der Waals surface area contributed by atoms with E-state index in [1.165, 1.54) is 0 Å². The van der Waals surface area contributed by atoms with Gasteiger partial charge in [-0.25, -0.2) is 9.97 Å². The smallest absolute Gasteiger partial charge is 0.253 e. The Morgan fingerprint density at radius 2 is 2.10 bits per heavy atom. The van der Waals surface area contributed by atoms with Crippen LogP contribution in [-0.4, -0.2) is 45.7 Å². The molecule has 29 heavy (non-hydrogen) atoms. The van der Waals surface area contributed by atoms with Crippen molar-refractivity contribution in [3.8, 4) is 0 Å². The molecule has 0 bridgehead atoms. The lowest BCUT2D eigenvalue weighted by molar-refractivity contribution is -0.115. The summed E-state index contributed by atoms with van der Waals surface area (Å²) in [4.78, 5) is 24.8. The molecule has 1 aliphatic rings. The summed E-state index contributed by atoms with van der Waals surface area (Å²) in [7, 11) is 3.34. The van der Waals surface area contributed by atoms with Crippen molar-refractivity contribution in [3.05, 3.63) is 41.0 Å². The number of halogens is 1. The minimum Gasteiger partial charge on any atom is -0.394 e. The van der Waals surface area contributed by atoms with E-state index in [4.69, 9.17) is 11.6 Å². The molecule has 1 fully saturated rings. The molecule has 0 unspecified atom stereocenters. The lowest BCUT2D eigenvalue weighted by Crippen LogP contribution is -2.41. The first-order chi connectivity index (χ1) is 13.7. The number of hydrogen-bond donors (Lipinski definition) is 4. The molecule has 7 nitrogen and oxygen atoms in total. The number of hydrogen-bond acceptors (Lipinski definition) is 5. The maximum absolute atomic E-state index is 12.3. The van der Waals surface area contributed by atoms with Crippen molar-refractivity contribution in [3.63, 3.8) is 0 Å². The first kappa shape index (κ1) is 21.3. The summed E-state index contributed by atoms with van der Waals surface area (Å²) in [6.45, 7) is 3.73. The molecule has 0 saturated heterocycles. The zero-order valence-corrected chi connectivity index (χ0v) is 18.0. The maximum Gasteiger partial charge on any atom is 0.253 e. The van der Waals surface area contributed by atoms with Crippen LogP contribution in [0.15, 0.2) is 24.4 Å². The van der Waals surface area contributed by atoms with Crippen LogP contribution in [-0.2, 0) is 11.2 Å². The van der Waals surface area contributed by atoms with Crippen LogP contribution < -0.4 is 10.6 Å². The predicted molar refractivity (Wildman–Crippen MR) is 115 cm³/mol. The van der Waals surface area contributed by atoms with E-state index in [9.17, 15) is 9.90 Å². The largest absolute Gasteiger partial charge is 0.394 e. The number of likely N-dealkylation sites (N-methyl/N-ethyl adjacent to an activating group) is 1. The summed E-state index contributed by atoms with van der Waals surface area (Å²) >= 11 is 6.44. The molecule has 0 radical (unpaired) electrons. The van der Waals surface area contributed by atoms with Crippen molar-refractivity contribution in [1.82, 2.24) is 25.6 Å². The second-order valence-electron chi connectivity index (χ2n) is 8.07. The van der Waals surface area contributed by atoms with Crippen molar-refractivity contribution in [2.75, 3.05) is 14.1 Å². The second kappa shape index (κ2) is 8.55. The quantitative estimate of drug-likeness (QED) is 0.409. The number of allylic oxidation sites excluding steroid dienone is 2. The Labute approximate surface area is 175 Å². The van der Waals surface area contributed by atoms with Crippen LogP contribution in [0.4, 0.5) is 0 Å². The summed E-state index contributed by atoms with van der Waals surface area (Å²) in [6, 6.07) is 1.76. The van der Waals surface area contributed by atoms with Gasteiger partial charge < -0.3 is 20.7 Å². The summed E-state index contributed by atoms with van der Waals surface area (Å²) in [5.41, 5.74) is 1.41. The van der Waals surface area contributed by atoms with Gasteiger partial charge in [0.25, 0.3) is 5.91 Å². The number of aromatic nitrogens is 3. The van der Waals surface area contributed by atoms with E-state index in [0.29, 0.717) is 33.8 Å². The number of H-pyrrole nitrogens is 1. The number of aromatic amines is 1. The SMILES string of the molecule is CN/C=C/C=C(\C(=O)NC)c1nc2nc(CC3CC(C(C)(C)O)C3)[nH]c2cc1Cl. The van der Waals surface area contributed by atoms with Gasteiger partial charge in [0.05, 0.1) is 27.4 Å².